The van der Waals surface area contributed by atoms with Crippen LogP contribution < -0.4 is 4.74 Å². The van der Waals surface area contributed by atoms with Gasteiger partial charge in [-0.15, -0.1) is 0 Å². The quantitative estimate of drug-likeness (QED) is 0.0570. The van der Waals surface area contributed by atoms with Gasteiger partial charge in [0.2, 0.25) is 0 Å². The molecule has 0 N–H and O–H groups in total. The Hall–Kier alpha value is -4.06. The second-order valence-corrected chi connectivity index (χ2v) is 19.1. The van der Waals surface area contributed by atoms with Gasteiger partial charge in [-0.3, -0.25) is 9.59 Å². The maximum atomic E-state index is 11.9. The van der Waals surface area contributed by atoms with E-state index in [0.29, 0.717) is 51.8 Å². The SMILES string of the molecule is CCCCC1COC(CCCOc2ccc(C)cc2)OC1.CCCCCCCC(=O)OCC1COC(c2ccc(C)cc2)OC1.CCCCCOCCC(=O)OC1CC=C(c2ccc(C)cc2)CC1. The van der Waals surface area contributed by atoms with Gasteiger partial charge in [0.25, 0.3) is 0 Å². The van der Waals surface area contributed by atoms with Gasteiger partial charge in [0.1, 0.15) is 11.9 Å². The van der Waals surface area contributed by atoms with Gasteiger partial charge in [-0.25, -0.2) is 0 Å². The van der Waals surface area contributed by atoms with Crippen molar-refractivity contribution in [2.45, 2.75) is 176 Å². The molecule has 1 atom stereocenters. The normalized spacial score (nSPS) is 20.0. The van der Waals surface area contributed by atoms with Crippen molar-refractivity contribution in [2.75, 3.05) is 52.9 Å². The first-order valence-electron chi connectivity index (χ1n) is 26.6. The Morgan fingerprint density at radius 3 is 1.83 bits per heavy atom. The number of allylic oxidation sites excluding steroid dienone is 1. The molecule has 0 bridgehead atoms. The summed E-state index contributed by atoms with van der Waals surface area (Å²) in [6.07, 6.45) is 20.2. The lowest BCUT2D eigenvalue weighted by Crippen LogP contribution is -2.32. The van der Waals surface area contributed by atoms with Gasteiger partial charge >= 0.3 is 11.9 Å². The molecule has 0 aromatic heterocycles. The number of rotatable bonds is 26. The molecular formula is C59H88O10. The molecule has 10 heteroatoms. The second-order valence-electron chi connectivity index (χ2n) is 19.1. The van der Waals surface area contributed by atoms with Gasteiger partial charge < -0.3 is 37.9 Å². The molecular weight excluding hydrogens is 869 g/mol. The fourth-order valence-corrected chi connectivity index (χ4v) is 8.10. The van der Waals surface area contributed by atoms with E-state index in [-0.39, 0.29) is 36.5 Å². The monoisotopic (exact) mass is 957 g/mol. The van der Waals surface area contributed by atoms with Crippen molar-refractivity contribution in [1.29, 1.82) is 0 Å². The van der Waals surface area contributed by atoms with Crippen molar-refractivity contribution in [3.63, 3.8) is 0 Å². The van der Waals surface area contributed by atoms with Crippen LogP contribution in [0.15, 0.2) is 78.9 Å². The zero-order valence-electron chi connectivity index (χ0n) is 43.4. The number of unbranched alkanes of at least 4 members (excludes halogenated alkanes) is 7. The number of hydrogen-bond acceptors (Lipinski definition) is 10. The number of benzene rings is 3. The highest BCUT2D eigenvalue weighted by Gasteiger charge is 2.25. The molecule has 3 aliphatic rings. The van der Waals surface area contributed by atoms with Crippen molar-refractivity contribution >= 4 is 17.5 Å². The van der Waals surface area contributed by atoms with Gasteiger partial charge in [-0.2, -0.15) is 0 Å². The summed E-state index contributed by atoms with van der Waals surface area (Å²) in [6.45, 7) is 17.9. The van der Waals surface area contributed by atoms with E-state index in [1.165, 1.54) is 79.2 Å². The van der Waals surface area contributed by atoms with Crippen LogP contribution >= 0.6 is 0 Å². The summed E-state index contributed by atoms with van der Waals surface area (Å²) in [7, 11) is 0. The molecule has 2 heterocycles. The topological polar surface area (TPSA) is 108 Å². The zero-order valence-corrected chi connectivity index (χ0v) is 43.4. The highest BCUT2D eigenvalue weighted by Crippen LogP contribution is 2.29. The Morgan fingerprint density at radius 1 is 0.580 bits per heavy atom. The molecule has 3 aromatic rings. The number of carbonyl (C=O) groups is 2. The molecule has 69 heavy (non-hydrogen) atoms. The van der Waals surface area contributed by atoms with Crippen molar-refractivity contribution in [1.82, 2.24) is 0 Å². The molecule has 2 aliphatic heterocycles. The van der Waals surface area contributed by atoms with Gasteiger partial charge in [0.05, 0.1) is 52.7 Å². The van der Waals surface area contributed by atoms with Crippen molar-refractivity contribution in [3.8, 4) is 5.75 Å². The Labute approximate surface area is 416 Å². The molecule has 2 fully saturated rings. The number of carbonyl (C=O) groups excluding carboxylic acids is 2. The van der Waals surface area contributed by atoms with E-state index in [1.807, 2.05) is 24.3 Å². The summed E-state index contributed by atoms with van der Waals surface area (Å²) in [5.41, 5.74) is 7.42. The van der Waals surface area contributed by atoms with Crippen LogP contribution in [-0.4, -0.2) is 77.2 Å². The molecule has 2 saturated heterocycles. The molecule has 6 rings (SSSR count). The van der Waals surface area contributed by atoms with Crippen LogP contribution in [0, 0.1) is 32.6 Å². The largest absolute Gasteiger partial charge is 0.494 e. The van der Waals surface area contributed by atoms with Crippen molar-refractivity contribution < 1.29 is 47.5 Å². The van der Waals surface area contributed by atoms with E-state index in [2.05, 4.69) is 96.1 Å². The second kappa shape index (κ2) is 35.1. The molecule has 0 radical (unpaired) electrons. The molecule has 0 saturated carbocycles. The summed E-state index contributed by atoms with van der Waals surface area (Å²) >= 11 is 0. The lowest BCUT2D eigenvalue weighted by atomic mass is 9.91. The number of esters is 2. The number of aryl methyl sites for hydroxylation is 3. The molecule has 1 unspecified atom stereocenters. The maximum absolute atomic E-state index is 11.9. The molecule has 10 nitrogen and oxygen atoms in total. The standard InChI is InChI=1S/C21H30O3.C20H30O4.C18H28O3/c1-3-4-5-15-23-16-14-21(22)24-20-12-10-19(11-13-20)18-8-6-17(2)7-9-18;1-3-4-5-6-7-8-19(21)22-13-17-14-23-20(24-15-17)18-11-9-16(2)10-12-18;1-3-4-6-16-13-20-18(21-14-16)7-5-12-19-17-10-8-15(2)9-11-17/h6-10,20H,3-5,11-16H2,1-2H3;9-12,17,20H,3-8,13-15H2,1-2H3;8-11,16,18H,3-7,12-14H2,1-2H3. The zero-order chi connectivity index (χ0) is 49.3. The average molecular weight is 957 g/mol. The first-order valence-corrected chi connectivity index (χ1v) is 26.6. The van der Waals surface area contributed by atoms with Gasteiger partial charge in [0, 0.05) is 43.3 Å². The van der Waals surface area contributed by atoms with Gasteiger partial charge in [0.15, 0.2) is 12.6 Å². The van der Waals surface area contributed by atoms with E-state index in [1.54, 1.807) is 0 Å². The summed E-state index contributed by atoms with van der Waals surface area (Å²) in [5, 5.41) is 0. The fourth-order valence-electron chi connectivity index (χ4n) is 8.10. The third-order valence-corrected chi connectivity index (χ3v) is 12.6. The van der Waals surface area contributed by atoms with Crippen molar-refractivity contribution in [3.05, 3.63) is 107 Å². The molecule has 0 spiro atoms. The van der Waals surface area contributed by atoms with E-state index >= 15 is 0 Å². The average Bonchev–Trinajstić information content (AvgIpc) is 3.37. The summed E-state index contributed by atoms with van der Waals surface area (Å²) in [6, 6.07) is 24.9. The highest BCUT2D eigenvalue weighted by molar-refractivity contribution is 5.70. The van der Waals surface area contributed by atoms with E-state index in [9.17, 15) is 9.59 Å². The Balaban J connectivity index is 0.000000226. The minimum Gasteiger partial charge on any atom is -0.494 e. The van der Waals surface area contributed by atoms with Crippen LogP contribution in [0.3, 0.4) is 0 Å². The van der Waals surface area contributed by atoms with Gasteiger partial charge in [-0.05, 0) is 82.6 Å². The van der Waals surface area contributed by atoms with Crippen LogP contribution in [0.1, 0.15) is 170 Å². The fraction of sp³-hybridized carbons (Fsp3) is 0.627. The first-order chi connectivity index (χ1) is 33.6. The third kappa shape index (κ3) is 25.1. The lowest BCUT2D eigenvalue weighted by Gasteiger charge is -2.29. The van der Waals surface area contributed by atoms with E-state index in [4.69, 9.17) is 37.9 Å². The van der Waals surface area contributed by atoms with E-state index < -0.39 is 0 Å². The van der Waals surface area contributed by atoms with Crippen LogP contribution in [0.2, 0.25) is 0 Å². The maximum Gasteiger partial charge on any atom is 0.308 e. The Bertz CT molecular complexity index is 1810. The van der Waals surface area contributed by atoms with Crippen LogP contribution in [0.25, 0.3) is 5.57 Å². The Morgan fingerprint density at radius 2 is 1.19 bits per heavy atom. The molecule has 384 valence electrons. The van der Waals surface area contributed by atoms with Crippen LogP contribution in [0.5, 0.6) is 5.75 Å². The van der Waals surface area contributed by atoms with Crippen LogP contribution in [0.4, 0.5) is 0 Å². The lowest BCUT2D eigenvalue weighted by molar-refractivity contribution is -0.212. The smallest absolute Gasteiger partial charge is 0.308 e. The molecule has 3 aromatic carbocycles. The minimum atomic E-state index is -0.309. The first kappa shape index (κ1) is 57.5. The van der Waals surface area contributed by atoms with Crippen LogP contribution in [-0.2, 0) is 42.7 Å². The highest BCUT2D eigenvalue weighted by atomic mass is 16.7. The van der Waals surface area contributed by atoms with Gasteiger partial charge in [-0.1, -0.05) is 156 Å². The van der Waals surface area contributed by atoms with E-state index in [0.717, 1.165) is 82.5 Å². The predicted molar refractivity (Wildman–Crippen MR) is 276 cm³/mol. The minimum absolute atomic E-state index is 0.0202. The summed E-state index contributed by atoms with van der Waals surface area (Å²) < 4.78 is 45.2. The van der Waals surface area contributed by atoms with Crippen molar-refractivity contribution in [2.24, 2.45) is 11.8 Å². The molecule has 1 aliphatic carbocycles. The summed E-state index contributed by atoms with van der Waals surface area (Å²) in [4.78, 5) is 23.6. The number of hydrogen-bond donors (Lipinski definition) is 0. The number of ether oxygens (including phenoxy) is 8. The molecule has 0 amide bonds. The third-order valence-electron chi connectivity index (χ3n) is 12.6. The predicted octanol–water partition coefficient (Wildman–Crippen LogP) is 14.0. The Kier molecular flexibility index (Phi) is 29.3. The summed E-state index contributed by atoms with van der Waals surface area (Å²) in [5.74, 6) is 1.40.